The van der Waals surface area contributed by atoms with Crippen LogP contribution < -0.4 is 0 Å². The molecule has 0 aromatic heterocycles. The summed E-state index contributed by atoms with van der Waals surface area (Å²) < 4.78 is 0. The molecule has 0 heterocycles. The van der Waals surface area contributed by atoms with E-state index in [-0.39, 0.29) is 17.1 Å². The fourth-order valence-electron chi connectivity index (χ4n) is 0.469. The molecule has 2 heteroatoms. The van der Waals surface area contributed by atoms with Gasteiger partial charge in [-0.05, 0) is 12.8 Å². The predicted molar refractivity (Wildman–Crippen MR) is 35.2 cm³/mol. The molecular formula is C6H11ClO. The maximum Gasteiger partial charge on any atom is 0.147 e. The fraction of sp³-hybridized carbons (Fsp3) is 0.833. The molecule has 0 aromatic rings. The van der Waals surface area contributed by atoms with E-state index in [4.69, 9.17) is 11.6 Å². The van der Waals surface area contributed by atoms with Crippen molar-refractivity contribution in [2.45, 2.75) is 26.1 Å². The van der Waals surface area contributed by atoms with E-state index >= 15 is 0 Å². The van der Waals surface area contributed by atoms with Crippen molar-refractivity contribution in [3.8, 4) is 0 Å². The van der Waals surface area contributed by atoms with Gasteiger partial charge in [-0.25, -0.2) is 0 Å². The molecule has 0 saturated carbocycles. The smallest absolute Gasteiger partial charge is 0.147 e. The molecule has 1 unspecified atom stereocenters. The fourth-order valence-corrected chi connectivity index (χ4v) is 0.469. The maximum absolute atomic E-state index is 10.5. The molecule has 0 fully saturated rings. The Labute approximate surface area is 55.0 Å². The van der Waals surface area contributed by atoms with Crippen molar-refractivity contribution in [1.82, 2.24) is 0 Å². The Morgan fingerprint density at radius 3 is 1.88 bits per heavy atom. The molecule has 0 aliphatic rings. The SMILES string of the molecule is CC(=O)C(Cl)C(C)C. The molecule has 0 N–H and O–H groups in total. The Morgan fingerprint density at radius 1 is 1.50 bits per heavy atom. The molecule has 1 nitrogen and oxygen atoms in total. The molecule has 0 saturated heterocycles. The molecule has 0 radical (unpaired) electrons. The number of carbonyl (C=O) groups is 1. The number of rotatable bonds is 2. The molecule has 0 aromatic carbocycles. The second-order valence-corrected chi connectivity index (χ2v) is 2.73. The Balaban J connectivity index is 3.64. The van der Waals surface area contributed by atoms with Gasteiger partial charge in [-0.15, -0.1) is 11.6 Å². The van der Waals surface area contributed by atoms with E-state index in [0.717, 1.165) is 0 Å². The molecule has 0 spiro atoms. The summed E-state index contributed by atoms with van der Waals surface area (Å²) in [6, 6.07) is 0. The summed E-state index contributed by atoms with van der Waals surface area (Å²) in [4.78, 5) is 10.5. The minimum atomic E-state index is -0.296. The van der Waals surface area contributed by atoms with Gasteiger partial charge in [0.1, 0.15) is 5.78 Å². The Bertz CT molecular complexity index is 88.5. The average molecular weight is 135 g/mol. The summed E-state index contributed by atoms with van der Waals surface area (Å²) in [6.45, 7) is 5.37. The van der Waals surface area contributed by atoms with Crippen molar-refractivity contribution in [2.75, 3.05) is 0 Å². The zero-order valence-electron chi connectivity index (χ0n) is 5.44. The van der Waals surface area contributed by atoms with Crippen LogP contribution in [0.3, 0.4) is 0 Å². The van der Waals surface area contributed by atoms with E-state index in [1.165, 1.54) is 6.92 Å². The summed E-state index contributed by atoms with van der Waals surface area (Å²) >= 11 is 5.60. The third-order valence-electron chi connectivity index (χ3n) is 0.974. The molecule has 8 heavy (non-hydrogen) atoms. The zero-order valence-corrected chi connectivity index (χ0v) is 6.20. The van der Waals surface area contributed by atoms with Crippen LogP contribution in [0.15, 0.2) is 0 Å². The van der Waals surface area contributed by atoms with Crippen LogP contribution in [0.5, 0.6) is 0 Å². The zero-order chi connectivity index (χ0) is 6.73. The first-order chi connectivity index (χ1) is 3.55. The molecule has 48 valence electrons. The Kier molecular flexibility index (Phi) is 3.06. The first-order valence-corrected chi connectivity index (χ1v) is 3.14. The monoisotopic (exact) mass is 134 g/mol. The lowest BCUT2D eigenvalue weighted by Gasteiger charge is -2.07. The molecule has 0 amide bonds. The molecule has 0 aliphatic carbocycles. The van der Waals surface area contributed by atoms with Crippen molar-refractivity contribution in [3.63, 3.8) is 0 Å². The highest BCUT2D eigenvalue weighted by Crippen LogP contribution is 2.09. The summed E-state index contributed by atoms with van der Waals surface area (Å²) in [5, 5.41) is -0.296. The van der Waals surface area contributed by atoms with E-state index in [1.54, 1.807) is 0 Å². The number of alkyl halides is 1. The van der Waals surface area contributed by atoms with Crippen molar-refractivity contribution in [3.05, 3.63) is 0 Å². The van der Waals surface area contributed by atoms with Gasteiger partial charge in [0.15, 0.2) is 0 Å². The van der Waals surface area contributed by atoms with Gasteiger partial charge in [0.25, 0.3) is 0 Å². The number of ketones is 1. The summed E-state index contributed by atoms with van der Waals surface area (Å²) in [7, 11) is 0. The van der Waals surface area contributed by atoms with Gasteiger partial charge >= 0.3 is 0 Å². The number of hydrogen-bond acceptors (Lipinski definition) is 1. The molecule has 1 atom stereocenters. The first-order valence-electron chi connectivity index (χ1n) is 2.70. The standard InChI is InChI=1S/C6H11ClO/c1-4(2)6(7)5(3)8/h4,6H,1-3H3. The van der Waals surface area contributed by atoms with E-state index < -0.39 is 0 Å². The van der Waals surface area contributed by atoms with Crippen LogP contribution in [0.4, 0.5) is 0 Å². The Hall–Kier alpha value is -0.0400. The predicted octanol–water partition coefficient (Wildman–Crippen LogP) is 1.84. The van der Waals surface area contributed by atoms with Crippen molar-refractivity contribution in [2.24, 2.45) is 5.92 Å². The van der Waals surface area contributed by atoms with Crippen LogP contribution >= 0.6 is 11.6 Å². The van der Waals surface area contributed by atoms with Gasteiger partial charge in [-0.1, -0.05) is 13.8 Å². The maximum atomic E-state index is 10.5. The van der Waals surface area contributed by atoms with Crippen LogP contribution in [0.1, 0.15) is 20.8 Å². The minimum absolute atomic E-state index is 0.0571. The van der Waals surface area contributed by atoms with Crippen LogP contribution in [0.25, 0.3) is 0 Å². The first kappa shape index (κ1) is 7.96. The Morgan fingerprint density at radius 2 is 1.88 bits per heavy atom. The van der Waals surface area contributed by atoms with Gasteiger partial charge in [0.2, 0.25) is 0 Å². The molecule has 0 aliphatic heterocycles. The summed E-state index contributed by atoms with van der Waals surface area (Å²) in [5.74, 6) is 0.316. The number of halogens is 1. The van der Waals surface area contributed by atoms with Crippen LogP contribution in [0, 0.1) is 5.92 Å². The number of hydrogen-bond donors (Lipinski definition) is 0. The largest absolute Gasteiger partial charge is 0.298 e. The topological polar surface area (TPSA) is 17.1 Å². The van der Waals surface area contributed by atoms with Gasteiger partial charge in [-0.3, -0.25) is 4.79 Å². The third-order valence-corrected chi connectivity index (χ3v) is 1.78. The van der Waals surface area contributed by atoms with Crippen molar-refractivity contribution >= 4 is 17.4 Å². The van der Waals surface area contributed by atoms with E-state index in [0.29, 0.717) is 0 Å². The van der Waals surface area contributed by atoms with Gasteiger partial charge in [0.05, 0.1) is 5.38 Å². The average Bonchev–Trinajstić information content (AvgIpc) is 1.64. The lowest BCUT2D eigenvalue weighted by atomic mass is 10.1. The van der Waals surface area contributed by atoms with E-state index in [1.807, 2.05) is 13.8 Å². The highest BCUT2D eigenvalue weighted by molar-refractivity contribution is 6.30. The summed E-state index contributed by atoms with van der Waals surface area (Å²) in [5.41, 5.74) is 0. The lowest BCUT2D eigenvalue weighted by Crippen LogP contribution is -2.16. The second kappa shape index (κ2) is 3.08. The minimum Gasteiger partial charge on any atom is -0.298 e. The number of Topliss-reactive ketones (excluding diaryl/α,β-unsaturated/α-hetero) is 1. The van der Waals surface area contributed by atoms with Crippen LogP contribution in [0.2, 0.25) is 0 Å². The molecule has 0 bridgehead atoms. The summed E-state index contributed by atoms with van der Waals surface area (Å²) in [6.07, 6.45) is 0. The van der Waals surface area contributed by atoms with Crippen molar-refractivity contribution < 1.29 is 4.79 Å². The van der Waals surface area contributed by atoms with Gasteiger partial charge in [0, 0.05) is 0 Å². The molecular weight excluding hydrogens is 124 g/mol. The second-order valence-electron chi connectivity index (χ2n) is 2.26. The van der Waals surface area contributed by atoms with Crippen LogP contribution in [-0.2, 0) is 4.79 Å². The van der Waals surface area contributed by atoms with Gasteiger partial charge < -0.3 is 0 Å². The van der Waals surface area contributed by atoms with Crippen LogP contribution in [-0.4, -0.2) is 11.2 Å². The third kappa shape index (κ3) is 2.31. The molecule has 0 rings (SSSR count). The van der Waals surface area contributed by atoms with Crippen molar-refractivity contribution in [1.29, 1.82) is 0 Å². The quantitative estimate of drug-likeness (QED) is 0.527. The van der Waals surface area contributed by atoms with E-state index in [2.05, 4.69) is 0 Å². The normalized spacial score (nSPS) is 14.1. The van der Waals surface area contributed by atoms with Gasteiger partial charge in [-0.2, -0.15) is 0 Å². The number of carbonyl (C=O) groups excluding carboxylic acids is 1. The highest BCUT2D eigenvalue weighted by Gasteiger charge is 2.13. The lowest BCUT2D eigenvalue weighted by molar-refractivity contribution is -0.117. The van der Waals surface area contributed by atoms with E-state index in [9.17, 15) is 4.79 Å². The highest BCUT2D eigenvalue weighted by atomic mass is 35.5.